The Labute approximate surface area is 278 Å². The summed E-state index contributed by atoms with van der Waals surface area (Å²) in [5.74, 6) is -0.209. The van der Waals surface area contributed by atoms with Crippen LogP contribution < -0.4 is 5.32 Å². The van der Waals surface area contributed by atoms with Gasteiger partial charge in [0.15, 0.2) is 11.2 Å². The Morgan fingerprint density at radius 2 is 1.89 bits per heavy atom. The maximum absolute atomic E-state index is 14.3. The fourth-order valence-electron chi connectivity index (χ4n) is 5.91. The molecular weight excluding hydrogens is 652 g/mol. The average Bonchev–Trinajstić information content (AvgIpc) is 3.76. The number of fused-ring (bicyclic) bond motifs is 2. The molecule has 1 fully saturated rings. The van der Waals surface area contributed by atoms with Crippen molar-refractivity contribution in [3.05, 3.63) is 81.4 Å². The molecule has 2 aromatic carbocycles. The number of imidazole rings is 1. The first kappa shape index (κ1) is 30.6. The predicted molar refractivity (Wildman–Crippen MR) is 175 cm³/mol. The lowest BCUT2D eigenvalue weighted by Gasteiger charge is -2.40. The number of amides is 2. The number of alkyl halides is 1. The number of hydrogen-bond donors (Lipinski definition) is 1. The van der Waals surface area contributed by atoms with E-state index in [0.717, 1.165) is 11.1 Å². The number of hydrogen-bond acceptors (Lipinski definition) is 7. The Morgan fingerprint density at radius 3 is 2.59 bits per heavy atom. The Morgan fingerprint density at radius 1 is 1.13 bits per heavy atom. The fourth-order valence-corrected chi connectivity index (χ4v) is 7.00. The molecule has 0 aliphatic carbocycles. The van der Waals surface area contributed by atoms with Gasteiger partial charge in [-0.3, -0.25) is 14.8 Å². The van der Waals surface area contributed by atoms with Crippen LogP contribution in [0, 0.1) is 0 Å². The lowest BCUT2D eigenvalue weighted by Crippen LogP contribution is -2.50. The van der Waals surface area contributed by atoms with Crippen LogP contribution in [0.4, 0.5) is 14.3 Å². The van der Waals surface area contributed by atoms with Crippen LogP contribution in [0.25, 0.3) is 22.0 Å². The summed E-state index contributed by atoms with van der Waals surface area (Å²) in [7, 11) is 0. The van der Waals surface area contributed by atoms with Crippen LogP contribution in [0.2, 0.25) is 10.0 Å². The number of benzene rings is 2. The molecule has 2 atom stereocenters. The molecule has 2 amide bonds. The smallest absolute Gasteiger partial charge is 0.410 e. The summed E-state index contributed by atoms with van der Waals surface area (Å²) >= 11 is 15.1. The number of carbonyl (C=O) groups is 2. The topological polar surface area (TPSA) is 107 Å². The highest BCUT2D eigenvalue weighted by Crippen LogP contribution is 2.40. The molecule has 5 heterocycles. The van der Waals surface area contributed by atoms with E-state index in [0.29, 0.717) is 56.1 Å². The monoisotopic (exact) mass is 681 g/mol. The second-order valence-electron chi connectivity index (χ2n) is 12.6. The highest BCUT2D eigenvalue weighted by Gasteiger charge is 2.36. The summed E-state index contributed by atoms with van der Waals surface area (Å²) in [6, 6.07) is 8.75. The third-order valence-electron chi connectivity index (χ3n) is 8.15. The summed E-state index contributed by atoms with van der Waals surface area (Å²) in [5.41, 5.74) is 3.58. The zero-order valence-corrected chi connectivity index (χ0v) is 27.5. The molecule has 7 rings (SSSR count). The van der Waals surface area contributed by atoms with Crippen LogP contribution in [0.1, 0.15) is 49.7 Å². The predicted octanol–water partition coefficient (Wildman–Crippen LogP) is 7.12. The lowest BCUT2D eigenvalue weighted by molar-refractivity contribution is -0.118. The Hall–Kier alpha value is -4.00. The SMILES string of the molecule is CC(C)(C)OC(=O)N1CC(c2ccc(-c3cc(Cl)c4cn(C(C(=O)Nc5nccs5)c5ncn6c5C[C@@H](F)C6)nc4c3Cl)cc2)C1. The van der Waals surface area contributed by atoms with Gasteiger partial charge in [-0.2, -0.15) is 5.10 Å². The van der Waals surface area contributed by atoms with Gasteiger partial charge >= 0.3 is 6.09 Å². The van der Waals surface area contributed by atoms with Crippen LogP contribution in [-0.4, -0.2) is 66.1 Å². The summed E-state index contributed by atoms with van der Waals surface area (Å²) in [6.07, 6.45) is 3.61. The molecule has 0 bridgehead atoms. The third kappa shape index (κ3) is 5.73. The van der Waals surface area contributed by atoms with E-state index in [4.69, 9.17) is 33.0 Å². The normalized spacial score (nSPS) is 17.2. The first-order valence-electron chi connectivity index (χ1n) is 14.8. The van der Waals surface area contributed by atoms with Gasteiger partial charge < -0.3 is 14.2 Å². The number of thiazole rings is 1. The number of nitrogens with one attached hydrogen (secondary N) is 1. The maximum Gasteiger partial charge on any atom is 0.410 e. The van der Waals surface area contributed by atoms with Gasteiger partial charge in [0.2, 0.25) is 0 Å². The van der Waals surface area contributed by atoms with Crippen molar-refractivity contribution in [1.29, 1.82) is 0 Å². The van der Waals surface area contributed by atoms with E-state index in [1.54, 1.807) is 39.6 Å². The van der Waals surface area contributed by atoms with E-state index in [2.05, 4.69) is 15.3 Å². The van der Waals surface area contributed by atoms with E-state index in [9.17, 15) is 14.0 Å². The number of rotatable bonds is 6. The van der Waals surface area contributed by atoms with Gasteiger partial charge in [-0.15, -0.1) is 11.3 Å². The van der Waals surface area contributed by atoms with Gasteiger partial charge in [0.05, 0.1) is 28.6 Å². The first-order valence-corrected chi connectivity index (χ1v) is 16.4. The van der Waals surface area contributed by atoms with Crippen molar-refractivity contribution < 1.29 is 18.7 Å². The van der Waals surface area contributed by atoms with Gasteiger partial charge in [0.1, 0.15) is 17.3 Å². The van der Waals surface area contributed by atoms with Crippen molar-refractivity contribution in [3.8, 4) is 11.1 Å². The number of nitrogens with zero attached hydrogens (tertiary/aromatic N) is 6. The number of ether oxygens (including phenoxy) is 1. The van der Waals surface area contributed by atoms with Gasteiger partial charge in [-0.05, 0) is 38.0 Å². The van der Waals surface area contributed by atoms with Crippen molar-refractivity contribution in [1.82, 2.24) is 29.2 Å². The van der Waals surface area contributed by atoms with E-state index in [1.807, 2.05) is 45.0 Å². The number of aromatic nitrogens is 5. The highest BCUT2D eigenvalue weighted by molar-refractivity contribution is 7.13. The molecule has 238 valence electrons. The van der Waals surface area contributed by atoms with Gasteiger partial charge in [-0.1, -0.05) is 47.5 Å². The summed E-state index contributed by atoms with van der Waals surface area (Å²) < 4.78 is 23.0. The van der Waals surface area contributed by atoms with Crippen LogP contribution in [0.15, 0.2) is 54.4 Å². The summed E-state index contributed by atoms with van der Waals surface area (Å²) in [5, 5.41) is 11.1. The molecule has 1 N–H and O–H groups in total. The molecule has 0 spiro atoms. The Bertz CT molecular complexity index is 1950. The van der Waals surface area contributed by atoms with Crippen LogP contribution in [0.5, 0.6) is 0 Å². The highest BCUT2D eigenvalue weighted by atomic mass is 35.5. The van der Waals surface area contributed by atoms with Crippen molar-refractivity contribution in [2.24, 2.45) is 0 Å². The molecule has 10 nitrogen and oxygen atoms in total. The van der Waals surface area contributed by atoms with Crippen LogP contribution in [-0.2, 0) is 22.5 Å². The minimum Gasteiger partial charge on any atom is -0.444 e. The molecule has 1 saturated heterocycles. The Kier molecular flexibility index (Phi) is 7.77. The van der Waals surface area contributed by atoms with Gasteiger partial charge in [0, 0.05) is 59.8 Å². The number of carbonyl (C=O) groups excluding carboxylic acids is 2. The lowest BCUT2D eigenvalue weighted by atomic mass is 9.90. The molecule has 1 unspecified atom stereocenters. The Balaban J connectivity index is 1.18. The second kappa shape index (κ2) is 11.7. The van der Waals surface area contributed by atoms with E-state index < -0.39 is 23.7 Å². The summed E-state index contributed by atoms with van der Waals surface area (Å²) in [6.45, 7) is 6.93. The zero-order chi connectivity index (χ0) is 32.3. The second-order valence-corrected chi connectivity index (χ2v) is 14.2. The number of anilines is 1. The van der Waals surface area contributed by atoms with E-state index >= 15 is 0 Å². The van der Waals surface area contributed by atoms with E-state index in [1.165, 1.54) is 16.0 Å². The van der Waals surface area contributed by atoms with Crippen molar-refractivity contribution in [2.75, 3.05) is 18.4 Å². The van der Waals surface area contributed by atoms with Gasteiger partial charge in [0.25, 0.3) is 5.91 Å². The van der Waals surface area contributed by atoms with Gasteiger partial charge in [-0.25, -0.2) is 19.2 Å². The van der Waals surface area contributed by atoms with E-state index in [-0.39, 0.29) is 25.0 Å². The zero-order valence-electron chi connectivity index (χ0n) is 25.2. The van der Waals surface area contributed by atoms with Crippen molar-refractivity contribution >= 4 is 62.6 Å². The number of halogens is 3. The fraction of sp³-hybridized carbons (Fsp3) is 0.344. The quantitative estimate of drug-likeness (QED) is 0.205. The maximum atomic E-state index is 14.3. The molecule has 0 radical (unpaired) electrons. The first-order chi connectivity index (χ1) is 21.9. The molecule has 3 aromatic heterocycles. The minimum atomic E-state index is -1.05. The standard InChI is InChI=1S/C32H30Cl2FN7O3S/c1-32(2,3)45-31(44)40-12-19(13-40)17-4-6-18(7-5-17)21-11-23(33)22-15-42(39-26(22)25(21)34)28(29(43)38-30-36-8-9-46-30)27-24-10-20(35)14-41(24)16-37-27/h4-9,11,15-16,19-20,28H,10,12-14H2,1-3H3,(H,36,38,43)/t20-,28?/m1/s1. The molecule has 2 aliphatic rings. The molecule has 0 saturated carbocycles. The van der Waals surface area contributed by atoms with Crippen LogP contribution in [0.3, 0.4) is 0 Å². The third-order valence-corrected chi connectivity index (χ3v) is 9.54. The van der Waals surface area contributed by atoms with Crippen molar-refractivity contribution in [2.45, 2.75) is 57.5 Å². The largest absolute Gasteiger partial charge is 0.444 e. The van der Waals surface area contributed by atoms with Crippen molar-refractivity contribution in [3.63, 3.8) is 0 Å². The molecular formula is C32H30Cl2FN7O3S. The molecule has 46 heavy (non-hydrogen) atoms. The molecule has 14 heteroatoms. The summed E-state index contributed by atoms with van der Waals surface area (Å²) in [4.78, 5) is 36.4. The molecule has 2 aliphatic heterocycles. The average molecular weight is 683 g/mol. The van der Waals surface area contributed by atoms with Crippen LogP contribution >= 0.6 is 34.5 Å². The molecule has 5 aromatic rings. The minimum absolute atomic E-state index is 0.151. The number of likely N-dealkylation sites (tertiary alicyclic amines) is 1.